The first-order chi connectivity index (χ1) is 4.43. The first-order valence-electron chi connectivity index (χ1n) is 2.99. The van der Waals surface area contributed by atoms with E-state index in [-0.39, 0.29) is 0 Å². The van der Waals surface area contributed by atoms with E-state index in [1.807, 2.05) is 0 Å². The quantitative estimate of drug-likeness (QED) is 0.678. The Balaban J connectivity index is 2.30. The van der Waals surface area contributed by atoms with Gasteiger partial charge < -0.3 is 5.73 Å². The van der Waals surface area contributed by atoms with Gasteiger partial charge in [-0.1, -0.05) is 0 Å². The molecule has 0 aromatic carbocycles. The molecule has 0 aliphatic heterocycles. The number of nitrogens with two attached hydrogens (primary N) is 1. The molecule has 0 fully saturated rings. The van der Waals surface area contributed by atoms with Crippen LogP contribution >= 0.6 is 11.3 Å². The molecule has 0 amide bonds. The van der Waals surface area contributed by atoms with E-state index in [4.69, 9.17) is 5.73 Å². The molecule has 0 atom stereocenters. The Morgan fingerprint density at radius 2 is 2.56 bits per heavy atom. The van der Waals surface area contributed by atoms with Crippen molar-refractivity contribution in [1.82, 2.24) is 0 Å². The first kappa shape index (κ1) is 6.78. The minimum absolute atomic E-state index is 0.746. The van der Waals surface area contributed by atoms with Gasteiger partial charge >= 0.3 is 0 Å². The van der Waals surface area contributed by atoms with E-state index in [9.17, 15) is 0 Å². The molecular weight excluding hydrogens is 130 g/mol. The third kappa shape index (κ3) is 2.16. The Morgan fingerprint density at radius 3 is 3.11 bits per heavy atom. The number of hydrogen-bond acceptors (Lipinski definition) is 2. The van der Waals surface area contributed by atoms with Gasteiger partial charge in [-0.05, 0) is 41.8 Å². The second-order valence-corrected chi connectivity index (χ2v) is 2.62. The zero-order chi connectivity index (χ0) is 6.53. The van der Waals surface area contributed by atoms with Crippen molar-refractivity contribution in [1.29, 1.82) is 0 Å². The molecule has 1 aromatic heterocycles. The predicted molar refractivity (Wildman–Crippen MR) is 41.4 cm³/mol. The van der Waals surface area contributed by atoms with Crippen LogP contribution in [0.4, 0.5) is 0 Å². The van der Waals surface area contributed by atoms with Gasteiger partial charge in [0.2, 0.25) is 0 Å². The summed E-state index contributed by atoms with van der Waals surface area (Å²) in [4.78, 5) is 0. The smallest absolute Gasteiger partial charge is 0.00582 e. The summed E-state index contributed by atoms with van der Waals surface area (Å²) in [6, 6.07) is 2.10. The monoisotopic (exact) mass is 140 g/mol. The number of rotatable bonds is 3. The van der Waals surface area contributed by atoms with Gasteiger partial charge in [0.05, 0.1) is 0 Å². The minimum Gasteiger partial charge on any atom is -0.330 e. The Bertz CT molecular complexity index is 146. The zero-order valence-corrected chi connectivity index (χ0v) is 6.03. The summed E-state index contributed by atoms with van der Waals surface area (Å²) in [5.74, 6) is 0. The van der Waals surface area contributed by atoms with E-state index in [1.54, 1.807) is 11.3 Å². The highest BCUT2D eigenvalue weighted by atomic mass is 32.1. The molecule has 0 bridgehead atoms. The van der Waals surface area contributed by atoms with Crippen molar-refractivity contribution in [2.75, 3.05) is 6.54 Å². The van der Waals surface area contributed by atoms with Crippen LogP contribution in [0.25, 0.3) is 0 Å². The standard InChI is InChI=1S/C7H10NS/c8-4-1-2-7-3-5-9-6-7/h2-3,5-6H,1,4,8H2. The maximum atomic E-state index is 5.32. The molecule has 0 spiro atoms. The second-order valence-electron chi connectivity index (χ2n) is 1.84. The van der Waals surface area contributed by atoms with E-state index in [0.29, 0.717) is 0 Å². The minimum atomic E-state index is 0.746. The molecule has 0 saturated heterocycles. The largest absolute Gasteiger partial charge is 0.330 e. The molecule has 0 unspecified atom stereocenters. The third-order valence-corrected chi connectivity index (χ3v) is 1.79. The summed E-state index contributed by atoms with van der Waals surface area (Å²) < 4.78 is 0. The van der Waals surface area contributed by atoms with Crippen molar-refractivity contribution in [3.05, 3.63) is 28.8 Å². The van der Waals surface area contributed by atoms with E-state index < -0.39 is 0 Å². The maximum Gasteiger partial charge on any atom is -0.00582 e. The average molecular weight is 140 g/mol. The van der Waals surface area contributed by atoms with Gasteiger partial charge in [0.15, 0.2) is 0 Å². The molecule has 1 rings (SSSR count). The molecule has 0 aliphatic rings. The Labute approximate surface area is 59.5 Å². The Morgan fingerprint density at radius 1 is 1.67 bits per heavy atom. The summed E-state index contributed by atoms with van der Waals surface area (Å²) in [6.45, 7) is 0.746. The molecule has 1 aromatic rings. The van der Waals surface area contributed by atoms with Crippen LogP contribution in [0.3, 0.4) is 0 Å². The molecule has 2 N–H and O–H groups in total. The maximum absolute atomic E-state index is 5.32. The van der Waals surface area contributed by atoms with Gasteiger partial charge in [0.25, 0.3) is 0 Å². The fourth-order valence-corrected chi connectivity index (χ4v) is 1.29. The molecule has 0 aliphatic carbocycles. The van der Waals surface area contributed by atoms with Crippen molar-refractivity contribution in [2.24, 2.45) is 5.73 Å². The number of hydrogen-bond donors (Lipinski definition) is 1. The van der Waals surface area contributed by atoms with Crippen LogP contribution in [0.2, 0.25) is 0 Å². The van der Waals surface area contributed by atoms with Crippen LogP contribution < -0.4 is 5.73 Å². The van der Waals surface area contributed by atoms with Crippen LogP contribution in [-0.2, 0) is 0 Å². The molecule has 1 heterocycles. The van der Waals surface area contributed by atoms with Gasteiger partial charge in [-0.3, -0.25) is 0 Å². The molecule has 1 radical (unpaired) electrons. The van der Waals surface area contributed by atoms with Gasteiger partial charge in [-0.2, -0.15) is 11.3 Å². The fourth-order valence-electron chi connectivity index (χ4n) is 0.641. The van der Waals surface area contributed by atoms with Gasteiger partial charge in [-0.15, -0.1) is 0 Å². The van der Waals surface area contributed by atoms with Crippen LogP contribution in [0, 0.1) is 6.42 Å². The second kappa shape index (κ2) is 3.64. The van der Waals surface area contributed by atoms with Crippen LogP contribution in [-0.4, -0.2) is 6.54 Å². The van der Waals surface area contributed by atoms with Crippen molar-refractivity contribution in [2.45, 2.75) is 6.42 Å². The van der Waals surface area contributed by atoms with Crippen molar-refractivity contribution in [3.8, 4) is 0 Å². The lowest BCUT2D eigenvalue weighted by Crippen LogP contribution is -1.97. The summed E-state index contributed by atoms with van der Waals surface area (Å²) in [7, 11) is 0. The highest BCUT2D eigenvalue weighted by Crippen LogP contribution is 2.08. The average Bonchev–Trinajstić information content (AvgIpc) is 2.34. The van der Waals surface area contributed by atoms with Crippen molar-refractivity contribution in [3.63, 3.8) is 0 Å². The molecule has 1 nitrogen and oxygen atoms in total. The SMILES string of the molecule is NCC[CH]c1ccsc1. The van der Waals surface area contributed by atoms with Crippen molar-refractivity contribution >= 4 is 11.3 Å². The Hall–Kier alpha value is -0.340. The lowest BCUT2D eigenvalue weighted by molar-refractivity contribution is 0.962. The molecule has 2 heteroatoms. The first-order valence-corrected chi connectivity index (χ1v) is 3.93. The highest BCUT2D eigenvalue weighted by Gasteiger charge is 1.89. The van der Waals surface area contributed by atoms with E-state index in [2.05, 4.69) is 23.2 Å². The van der Waals surface area contributed by atoms with Gasteiger partial charge in [0, 0.05) is 0 Å². The van der Waals surface area contributed by atoms with Gasteiger partial charge in [0.1, 0.15) is 0 Å². The summed E-state index contributed by atoms with van der Waals surface area (Å²) in [5, 5.41) is 4.19. The topological polar surface area (TPSA) is 26.0 Å². The van der Waals surface area contributed by atoms with Crippen molar-refractivity contribution < 1.29 is 0 Å². The van der Waals surface area contributed by atoms with E-state index in [0.717, 1.165) is 13.0 Å². The summed E-state index contributed by atoms with van der Waals surface area (Å²) >= 11 is 1.72. The van der Waals surface area contributed by atoms with Crippen LogP contribution in [0.1, 0.15) is 12.0 Å². The normalized spacial score (nSPS) is 9.89. The molecular formula is C7H10NS. The fraction of sp³-hybridized carbons (Fsp3) is 0.286. The summed E-state index contributed by atoms with van der Waals surface area (Å²) in [5.41, 5.74) is 6.61. The third-order valence-electron chi connectivity index (χ3n) is 1.09. The van der Waals surface area contributed by atoms with E-state index in [1.165, 1.54) is 5.56 Å². The lowest BCUT2D eigenvalue weighted by atomic mass is 10.2. The van der Waals surface area contributed by atoms with Crippen LogP contribution in [0.5, 0.6) is 0 Å². The molecule has 49 valence electrons. The lowest BCUT2D eigenvalue weighted by Gasteiger charge is -1.90. The van der Waals surface area contributed by atoms with Gasteiger partial charge in [-0.25, -0.2) is 0 Å². The predicted octanol–water partition coefficient (Wildman–Crippen LogP) is 1.65. The molecule has 9 heavy (non-hydrogen) atoms. The molecule has 0 saturated carbocycles. The zero-order valence-electron chi connectivity index (χ0n) is 5.21. The highest BCUT2D eigenvalue weighted by molar-refractivity contribution is 7.08. The Kier molecular flexibility index (Phi) is 2.74. The summed E-state index contributed by atoms with van der Waals surface area (Å²) in [6.07, 6.45) is 3.13. The van der Waals surface area contributed by atoms with E-state index >= 15 is 0 Å². The number of thiophene rings is 1. The van der Waals surface area contributed by atoms with Crippen LogP contribution in [0.15, 0.2) is 16.8 Å².